The number of fused-ring (bicyclic) bond motifs is 1. The van der Waals surface area contributed by atoms with Crippen LogP contribution in [0.5, 0.6) is 5.75 Å². The van der Waals surface area contributed by atoms with Gasteiger partial charge in [-0.2, -0.15) is 0 Å². The van der Waals surface area contributed by atoms with Gasteiger partial charge in [-0.3, -0.25) is 19.2 Å². The second kappa shape index (κ2) is 10.7. The second-order valence-electron chi connectivity index (χ2n) is 9.50. The summed E-state index contributed by atoms with van der Waals surface area (Å²) in [5.74, 6) is -1.23. The summed E-state index contributed by atoms with van der Waals surface area (Å²) in [6, 6.07) is 19.4. The van der Waals surface area contributed by atoms with Crippen molar-refractivity contribution in [2.75, 3.05) is 13.1 Å². The molecule has 0 radical (unpaired) electrons. The van der Waals surface area contributed by atoms with Crippen LogP contribution >= 0.6 is 11.6 Å². The summed E-state index contributed by atoms with van der Waals surface area (Å²) in [6.45, 7) is 0.224. The molecule has 0 unspecified atom stereocenters. The Labute approximate surface area is 224 Å². The van der Waals surface area contributed by atoms with Crippen LogP contribution in [0.1, 0.15) is 32.7 Å². The lowest BCUT2D eigenvalue weighted by Gasteiger charge is -2.28. The number of carbonyl (C=O) groups is 4. The van der Waals surface area contributed by atoms with E-state index < -0.39 is 29.9 Å². The van der Waals surface area contributed by atoms with Crippen LogP contribution in [-0.2, 0) is 16.0 Å². The van der Waals surface area contributed by atoms with E-state index >= 15 is 0 Å². The minimum atomic E-state index is -0.976. The van der Waals surface area contributed by atoms with Gasteiger partial charge in [0.2, 0.25) is 5.91 Å². The zero-order valence-electron chi connectivity index (χ0n) is 20.4. The summed E-state index contributed by atoms with van der Waals surface area (Å²) in [6.07, 6.45) is 0.620. The summed E-state index contributed by atoms with van der Waals surface area (Å²) in [7, 11) is 0. The van der Waals surface area contributed by atoms with Crippen LogP contribution in [0.25, 0.3) is 0 Å². The molecule has 2 saturated heterocycles. The fourth-order valence-corrected chi connectivity index (χ4v) is 5.42. The van der Waals surface area contributed by atoms with Gasteiger partial charge in [-0.05, 0) is 54.4 Å². The lowest BCUT2D eigenvalue weighted by molar-refractivity contribution is -0.138. The van der Waals surface area contributed by atoms with Crippen molar-refractivity contribution in [3.8, 4) is 5.75 Å². The lowest BCUT2D eigenvalue weighted by Crippen LogP contribution is -2.53. The number of hydrogen-bond donors (Lipinski definition) is 2. The van der Waals surface area contributed by atoms with Crippen LogP contribution in [0.15, 0.2) is 78.9 Å². The maximum atomic E-state index is 13.9. The van der Waals surface area contributed by atoms with Crippen molar-refractivity contribution in [3.63, 3.8) is 0 Å². The molecule has 2 N–H and O–H groups in total. The summed E-state index contributed by atoms with van der Waals surface area (Å²) in [5, 5.41) is 12.9. The SMILES string of the molecule is O=C(N[C@@H](Cc1ccc(O)cc1)C(=O)N1CC[C@@H]2[C@H]1C(=O)CN2C(=O)c1ccccc1)c1cccc(Cl)c1. The van der Waals surface area contributed by atoms with E-state index in [1.54, 1.807) is 59.5 Å². The van der Waals surface area contributed by atoms with Gasteiger partial charge in [0.05, 0.1) is 12.6 Å². The third kappa shape index (κ3) is 5.13. The highest BCUT2D eigenvalue weighted by Gasteiger charge is 2.52. The van der Waals surface area contributed by atoms with Crippen LogP contribution < -0.4 is 5.32 Å². The molecule has 3 atom stereocenters. The molecule has 0 aromatic heterocycles. The molecule has 3 aromatic carbocycles. The first-order valence-electron chi connectivity index (χ1n) is 12.4. The number of nitrogens with zero attached hydrogens (tertiary/aromatic N) is 2. The largest absolute Gasteiger partial charge is 0.508 e. The zero-order valence-corrected chi connectivity index (χ0v) is 21.2. The molecule has 194 valence electrons. The summed E-state index contributed by atoms with van der Waals surface area (Å²) in [4.78, 5) is 56.2. The second-order valence-corrected chi connectivity index (χ2v) is 9.94. The fraction of sp³-hybridized carbons (Fsp3) is 0.241. The fourth-order valence-electron chi connectivity index (χ4n) is 5.22. The molecular weight excluding hydrogens is 506 g/mol. The van der Waals surface area contributed by atoms with Crippen molar-refractivity contribution < 1.29 is 24.3 Å². The molecule has 2 aliphatic heterocycles. The number of benzene rings is 3. The average molecular weight is 532 g/mol. The first kappa shape index (κ1) is 25.5. The van der Waals surface area contributed by atoms with Crippen molar-refractivity contribution in [1.29, 1.82) is 0 Å². The van der Waals surface area contributed by atoms with E-state index in [1.165, 1.54) is 23.1 Å². The Morgan fingerprint density at radius 3 is 2.37 bits per heavy atom. The Kier molecular flexibility index (Phi) is 7.15. The molecule has 9 heteroatoms. The van der Waals surface area contributed by atoms with Crippen LogP contribution in [0.4, 0.5) is 0 Å². The van der Waals surface area contributed by atoms with Gasteiger partial charge in [0.1, 0.15) is 17.8 Å². The molecular formula is C29H26ClN3O5. The number of rotatable bonds is 6. The molecule has 0 aliphatic carbocycles. The number of hydrogen-bond acceptors (Lipinski definition) is 5. The Hall–Kier alpha value is -4.17. The van der Waals surface area contributed by atoms with Crippen molar-refractivity contribution in [2.24, 2.45) is 0 Å². The average Bonchev–Trinajstić information content (AvgIpc) is 3.50. The number of likely N-dealkylation sites (tertiary alicyclic amines) is 2. The monoisotopic (exact) mass is 531 g/mol. The Morgan fingerprint density at radius 1 is 0.947 bits per heavy atom. The zero-order chi connectivity index (χ0) is 26.8. The number of phenols is 1. The van der Waals surface area contributed by atoms with Gasteiger partial charge in [-0.25, -0.2) is 0 Å². The standard InChI is InChI=1S/C29H26ClN3O5/c30-21-8-4-7-20(16-21)27(36)31-23(15-18-9-11-22(34)12-10-18)29(38)32-14-13-24-26(32)25(35)17-33(24)28(37)19-5-2-1-3-6-19/h1-12,16,23-24,26,34H,13-15,17H2,(H,31,36)/t23-,24+,26-/m0/s1. The number of ketones is 1. The number of amides is 3. The number of carbonyl (C=O) groups excluding carboxylic acids is 4. The van der Waals surface area contributed by atoms with E-state index in [0.29, 0.717) is 22.6 Å². The highest BCUT2D eigenvalue weighted by atomic mass is 35.5. The number of Topliss-reactive ketones (excluding diaryl/α,β-unsaturated/α-hetero) is 1. The van der Waals surface area contributed by atoms with Crippen molar-refractivity contribution in [1.82, 2.24) is 15.1 Å². The maximum absolute atomic E-state index is 13.9. The third-order valence-electron chi connectivity index (χ3n) is 7.05. The van der Waals surface area contributed by atoms with Gasteiger partial charge in [0.15, 0.2) is 5.78 Å². The van der Waals surface area contributed by atoms with Gasteiger partial charge in [0, 0.05) is 29.1 Å². The Bertz CT molecular complexity index is 1380. The first-order chi connectivity index (χ1) is 18.3. The predicted molar refractivity (Wildman–Crippen MR) is 141 cm³/mol. The van der Waals surface area contributed by atoms with Gasteiger partial charge in [0.25, 0.3) is 11.8 Å². The summed E-state index contributed by atoms with van der Waals surface area (Å²) in [5.41, 5.74) is 1.52. The first-order valence-corrected chi connectivity index (χ1v) is 12.7. The van der Waals surface area contributed by atoms with E-state index in [4.69, 9.17) is 11.6 Å². The predicted octanol–water partition coefficient (Wildman–Crippen LogP) is 3.08. The molecule has 0 bridgehead atoms. The molecule has 2 heterocycles. The Morgan fingerprint density at radius 2 is 1.66 bits per heavy atom. The molecule has 2 fully saturated rings. The third-order valence-corrected chi connectivity index (χ3v) is 7.29. The van der Waals surface area contributed by atoms with Gasteiger partial charge >= 0.3 is 0 Å². The molecule has 3 amide bonds. The van der Waals surface area contributed by atoms with E-state index in [0.717, 1.165) is 5.56 Å². The molecule has 0 spiro atoms. The van der Waals surface area contributed by atoms with Crippen molar-refractivity contribution >= 4 is 35.1 Å². The normalized spacial score (nSPS) is 19.2. The smallest absolute Gasteiger partial charge is 0.254 e. The van der Waals surface area contributed by atoms with Crippen molar-refractivity contribution in [3.05, 3.63) is 101 Å². The van der Waals surface area contributed by atoms with E-state index in [-0.39, 0.29) is 37.0 Å². The summed E-state index contributed by atoms with van der Waals surface area (Å²) >= 11 is 6.05. The number of phenolic OH excluding ortho intramolecular Hbond substituents is 1. The van der Waals surface area contributed by atoms with Crippen molar-refractivity contribution in [2.45, 2.75) is 31.0 Å². The number of nitrogens with one attached hydrogen (secondary N) is 1. The van der Waals surface area contributed by atoms with E-state index in [9.17, 15) is 24.3 Å². The van der Waals surface area contributed by atoms with Gasteiger partial charge in [-0.1, -0.05) is 48.0 Å². The quantitative estimate of drug-likeness (QED) is 0.508. The van der Waals surface area contributed by atoms with Crippen LogP contribution in [0, 0.1) is 0 Å². The van der Waals surface area contributed by atoms with E-state index in [1.807, 2.05) is 6.07 Å². The molecule has 5 rings (SSSR count). The molecule has 3 aromatic rings. The number of aromatic hydroxyl groups is 1. The van der Waals surface area contributed by atoms with Crippen LogP contribution in [-0.4, -0.2) is 69.6 Å². The highest BCUT2D eigenvalue weighted by Crippen LogP contribution is 2.31. The maximum Gasteiger partial charge on any atom is 0.254 e. The minimum Gasteiger partial charge on any atom is -0.508 e. The molecule has 2 aliphatic rings. The van der Waals surface area contributed by atoms with E-state index in [2.05, 4.69) is 5.32 Å². The minimum absolute atomic E-state index is 0.0651. The lowest BCUT2D eigenvalue weighted by atomic mass is 10.0. The van der Waals surface area contributed by atoms with Gasteiger partial charge < -0.3 is 20.2 Å². The molecule has 38 heavy (non-hydrogen) atoms. The van der Waals surface area contributed by atoms with Crippen LogP contribution in [0.3, 0.4) is 0 Å². The van der Waals surface area contributed by atoms with Crippen LogP contribution in [0.2, 0.25) is 5.02 Å². The Balaban J connectivity index is 1.38. The number of halogens is 1. The summed E-state index contributed by atoms with van der Waals surface area (Å²) < 4.78 is 0. The molecule has 8 nitrogen and oxygen atoms in total. The topological polar surface area (TPSA) is 107 Å². The molecule has 0 saturated carbocycles. The highest BCUT2D eigenvalue weighted by molar-refractivity contribution is 6.31. The van der Waals surface area contributed by atoms with Gasteiger partial charge in [-0.15, -0.1) is 0 Å².